The lowest BCUT2D eigenvalue weighted by molar-refractivity contribution is -0.0429. The summed E-state index contributed by atoms with van der Waals surface area (Å²) in [7, 11) is -5.57. The smallest absolute Gasteiger partial charge is 0.357 e. The highest BCUT2D eigenvalue weighted by Gasteiger charge is 2.46. The van der Waals surface area contributed by atoms with Gasteiger partial charge in [-0.3, -0.25) is 4.72 Å². The predicted molar refractivity (Wildman–Crippen MR) is 110 cm³/mol. The van der Waals surface area contributed by atoms with Crippen LogP contribution in [0.3, 0.4) is 0 Å². The number of hydrogen-bond acceptors (Lipinski definition) is 4. The van der Waals surface area contributed by atoms with Gasteiger partial charge in [-0.15, -0.1) is 0 Å². The average Bonchev–Trinajstić information content (AvgIpc) is 2.69. The van der Waals surface area contributed by atoms with Crippen molar-refractivity contribution < 1.29 is 30.8 Å². The molecule has 1 N–H and O–H groups in total. The minimum atomic E-state index is -5.57. The fraction of sp³-hybridized carbons (Fsp3) is 0.350. The molecule has 2 aromatic rings. The summed E-state index contributed by atoms with van der Waals surface area (Å²) in [5.41, 5.74) is -4.61. The first-order chi connectivity index (χ1) is 14.5. The fourth-order valence-corrected chi connectivity index (χ4v) is 4.11. The van der Waals surface area contributed by atoms with Gasteiger partial charge in [0.25, 0.3) is 0 Å². The van der Waals surface area contributed by atoms with Crippen molar-refractivity contribution in [3.05, 3.63) is 58.9 Å². The van der Waals surface area contributed by atoms with Gasteiger partial charge < -0.3 is 4.84 Å². The molecular formula is C20H19ClF4N2O3S. The van der Waals surface area contributed by atoms with Gasteiger partial charge in [0.05, 0.1) is 11.4 Å². The number of alkyl halides is 3. The van der Waals surface area contributed by atoms with E-state index in [1.165, 1.54) is 42.5 Å². The van der Waals surface area contributed by atoms with E-state index in [9.17, 15) is 26.0 Å². The van der Waals surface area contributed by atoms with Crippen LogP contribution in [0.4, 0.5) is 23.2 Å². The Balaban J connectivity index is 1.83. The summed E-state index contributed by atoms with van der Waals surface area (Å²) in [4.78, 5) is 5.38. The van der Waals surface area contributed by atoms with Gasteiger partial charge in [0, 0.05) is 10.9 Å². The van der Waals surface area contributed by atoms with Crippen LogP contribution in [0.15, 0.2) is 47.6 Å². The molecular weight excluding hydrogens is 460 g/mol. The highest BCUT2D eigenvalue weighted by molar-refractivity contribution is 7.93. The van der Waals surface area contributed by atoms with E-state index < -0.39 is 21.3 Å². The summed E-state index contributed by atoms with van der Waals surface area (Å²) in [5.74, 6) is -0.244. The van der Waals surface area contributed by atoms with E-state index in [-0.39, 0.29) is 23.0 Å². The first kappa shape index (κ1) is 23.3. The SMILES string of the molecule is O=S(=O)(Nc1ccc(Cl)cc1CC1CCCCC1=NOc1ccc(F)cc1)C(F)(F)F. The Labute approximate surface area is 182 Å². The van der Waals surface area contributed by atoms with Crippen LogP contribution in [0.1, 0.15) is 31.2 Å². The van der Waals surface area contributed by atoms with E-state index in [1.54, 1.807) is 4.72 Å². The van der Waals surface area contributed by atoms with Crippen LogP contribution in [0, 0.1) is 11.7 Å². The third-order valence-corrected chi connectivity index (χ3v) is 6.20. The van der Waals surface area contributed by atoms with Crippen LogP contribution in [0.2, 0.25) is 5.02 Å². The lowest BCUT2D eigenvalue weighted by Crippen LogP contribution is -2.30. The van der Waals surface area contributed by atoms with Crippen LogP contribution in [-0.4, -0.2) is 19.6 Å². The van der Waals surface area contributed by atoms with Crippen molar-refractivity contribution in [3.8, 4) is 5.75 Å². The Hall–Kier alpha value is -2.33. The van der Waals surface area contributed by atoms with Crippen molar-refractivity contribution in [2.45, 2.75) is 37.6 Å². The van der Waals surface area contributed by atoms with Crippen molar-refractivity contribution in [2.75, 3.05) is 4.72 Å². The molecule has 0 aliphatic heterocycles. The predicted octanol–water partition coefficient (Wildman–Crippen LogP) is 5.91. The van der Waals surface area contributed by atoms with E-state index >= 15 is 0 Å². The van der Waals surface area contributed by atoms with Crippen molar-refractivity contribution in [2.24, 2.45) is 11.1 Å². The lowest BCUT2D eigenvalue weighted by Gasteiger charge is -2.25. The van der Waals surface area contributed by atoms with Gasteiger partial charge in [-0.05, 0) is 73.7 Å². The van der Waals surface area contributed by atoms with Crippen LogP contribution < -0.4 is 9.56 Å². The number of oxime groups is 1. The Morgan fingerprint density at radius 3 is 2.52 bits per heavy atom. The molecule has 0 aromatic heterocycles. The van der Waals surface area contributed by atoms with Crippen LogP contribution >= 0.6 is 11.6 Å². The van der Waals surface area contributed by atoms with E-state index in [0.29, 0.717) is 29.9 Å². The Kier molecular flexibility index (Phi) is 7.10. The summed E-state index contributed by atoms with van der Waals surface area (Å²) in [6.45, 7) is 0. The van der Waals surface area contributed by atoms with Gasteiger partial charge in [0.1, 0.15) is 5.82 Å². The molecule has 0 bridgehead atoms. The molecule has 2 aromatic carbocycles. The van der Waals surface area contributed by atoms with E-state index in [1.807, 2.05) is 0 Å². The minimum absolute atomic E-state index is 0.179. The maximum atomic E-state index is 13.0. The molecule has 5 nitrogen and oxygen atoms in total. The van der Waals surface area contributed by atoms with Crippen LogP contribution in [0.25, 0.3) is 0 Å². The topological polar surface area (TPSA) is 67.8 Å². The number of hydrogen-bond donors (Lipinski definition) is 1. The van der Waals surface area contributed by atoms with Crippen molar-refractivity contribution in [3.63, 3.8) is 0 Å². The number of sulfonamides is 1. The molecule has 0 saturated heterocycles. The first-order valence-corrected chi connectivity index (χ1v) is 11.3. The molecule has 0 spiro atoms. The summed E-state index contributed by atoms with van der Waals surface area (Å²) in [6, 6.07) is 9.28. The molecule has 1 saturated carbocycles. The third-order valence-electron chi connectivity index (χ3n) is 4.87. The maximum Gasteiger partial charge on any atom is 0.516 e. The van der Waals surface area contributed by atoms with Gasteiger partial charge in [0.15, 0.2) is 5.75 Å². The number of benzene rings is 2. The Morgan fingerprint density at radius 2 is 1.84 bits per heavy atom. The zero-order chi connectivity index (χ0) is 22.6. The Morgan fingerprint density at radius 1 is 1.13 bits per heavy atom. The quantitative estimate of drug-likeness (QED) is 0.414. The van der Waals surface area contributed by atoms with Crippen molar-refractivity contribution in [1.29, 1.82) is 0 Å². The van der Waals surface area contributed by atoms with E-state index in [4.69, 9.17) is 16.4 Å². The van der Waals surface area contributed by atoms with Gasteiger partial charge in [-0.1, -0.05) is 23.2 Å². The molecule has 1 aliphatic rings. The highest BCUT2D eigenvalue weighted by atomic mass is 35.5. The summed E-state index contributed by atoms with van der Waals surface area (Å²) >= 11 is 6.00. The third kappa shape index (κ3) is 6.10. The minimum Gasteiger partial charge on any atom is -0.357 e. The molecule has 1 fully saturated rings. The van der Waals surface area contributed by atoms with E-state index in [2.05, 4.69) is 5.16 Å². The van der Waals surface area contributed by atoms with Gasteiger partial charge in [-0.25, -0.2) is 4.39 Å². The molecule has 3 rings (SSSR count). The van der Waals surface area contributed by atoms with Crippen molar-refractivity contribution >= 4 is 33.0 Å². The largest absolute Gasteiger partial charge is 0.516 e. The van der Waals surface area contributed by atoms with Gasteiger partial charge >= 0.3 is 15.5 Å². The van der Waals surface area contributed by atoms with Crippen LogP contribution in [0.5, 0.6) is 5.75 Å². The summed E-state index contributed by atoms with van der Waals surface area (Å²) in [6.07, 6.45) is 3.29. The molecule has 0 radical (unpaired) electrons. The fourth-order valence-electron chi connectivity index (χ4n) is 3.31. The first-order valence-electron chi connectivity index (χ1n) is 9.42. The van der Waals surface area contributed by atoms with E-state index in [0.717, 1.165) is 12.8 Å². The molecule has 168 valence electrons. The maximum absolute atomic E-state index is 13.0. The standard InChI is InChI=1S/C20H19ClF4N2O3S/c21-15-5-10-19(27-31(28,29)20(23,24)25)14(12-15)11-13-3-1-2-4-18(13)26-30-17-8-6-16(22)7-9-17/h5-10,12-13,27H,1-4,11H2. The molecule has 1 atom stereocenters. The average molecular weight is 479 g/mol. The Bertz CT molecular complexity index is 1060. The molecule has 31 heavy (non-hydrogen) atoms. The normalized spacial score (nSPS) is 18.7. The summed E-state index contributed by atoms with van der Waals surface area (Å²) < 4.78 is 76.2. The second kappa shape index (κ2) is 9.44. The molecule has 1 unspecified atom stereocenters. The molecule has 1 aliphatic carbocycles. The lowest BCUT2D eigenvalue weighted by atomic mass is 9.83. The number of rotatable bonds is 6. The van der Waals surface area contributed by atoms with Gasteiger partial charge in [-0.2, -0.15) is 21.6 Å². The highest BCUT2D eigenvalue weighted by Crippen LogP contribution is 2.32. The molecule has 0 heterocycles. The summed E-state index contributed by atoms with van der Waals surface area (Å²) in [5, 5.41) is 4.43. The second-order valence-corrected chi connectivity index (χ2v) is 9.24. The number of halogens is 5. The monoisotopic (exact) mass is 478 g/mol. The number of nitrogens with one attached hydrogen (secondary N) is 1. The van der Waals surface area contributed by atoms with Crippen molar-refractivity contribution in [1.82, 2.24) is 0 Å². The zero-order valence-corrected chi connectivity index (χ0v) is 17.7. The zero-order valence-electron chi connectivity index (χ0n) is 16.1. The second-order valence-electron chi connectivity index (χ2n) is 7.13. The molecule has 0 amide bonds. The number of anilines is 1. The molecule has 11 heteroatoms. The van der Waals surface area contributed by atoms with Gasteiger partial charge in [0.2, 0.25) is 0 Å². The van der Waals surface area contributed by atoms with Crippen LogP contribution in [-0.2, 0) is 16.4 Å². The number of nitrogens with zero attached hydrogens (tertiary/aromatic N) is 1.